The summed E-state index contributed by atoms with van der Waals surface area (Å²) in [5.74, 6) is 1.56. The smallest absolute Gasteiger partial charge is 0.255 e. The Kier molecular flexibility index (Phi) is 6.50. The van der Waals surface area contributed by atoms with Crippen LogP contribution in [0.4, 0.5) is 5.69 Å². The molecule has 0 bridgehead atoms. The Bertz CT molecular complexity index is 1090. The number of hydrogen-bond donors (Lipinski definition) is 1. The van der Waals surface area contributed by atoms with Crippen molar-refractivity contribution in [3.8, 4) is 11.6 Å². The molecule has 1 fully saturated rings. The summed E-state index contributed by atoms with van der Waals surface area (Å²) in [6.45, 7) is 5.80. The van der Waals surface area contributed by atoms with Gasteiger partial charge in [-0.25, -0.2) is 4.98 Å². The number of hydrogen-bond acceptors (Lipinski definition) is 4. The van der Waals surface area contributed by atoms with Gasteiger partial charge in [0.05, 0.1) is 11.9 Å². The topological polar surface area (TPSA) is 71.5 Å². The first-order valence-electron chi connectivity index (χ1n) is 10.9. The monoisotopic (exact) mass is 429 g/mol. The number of aryl methyl sites for hydroxylation is 1. The first kappa shape index (κ1) is 21.6. The van der Waals surface area contributed by atoms with Crippen LogP contribution in [0.1, 0.15) is 46.0 Å². The molecule has 1 aliphatic rings. The van der Waals surface area contributed by atoms with Crippen LogP contribution in [-0.4, -0.2) is 34.8 Å². The molecule has 4 rings (SSSR count). The zero-order chi connectivity index (χ0) is 22.5. The van der Waals surface area contributed by atoms with E-state index in [9.17, 15) is 9.59 Å². The van der Waals surface area contributed by atoms with Gasteiger partial charge in [0.2, 0.25) is 5.88 Å². The van der Waals surface area contributed by atoms with Crippen molar-refractivity contribution in [3.63, 3.8) is 0 Å². The van der Waals surface area contributed by atoms with Crippen molar-refractivity contribution in [2.75, 3.05) is 18.4 Å². The van der Waals surface area contributed by atoms with Crippen LogP contribution in [0.3, 0.4) is 0 Å². The Morgan fingerprint density at radius 2 is 1.75 bits per heavy atom. The zero-order valence-corrected chi connectivity index (χ0v) is 18.4. The first-order valence-corrected chi connectivity index (χ1v) is 10.9. The number of aromatic nitrogens is 1. The number of nitrogens with zero attached hydrogens (tertiary/aromatic N) is 2. The van der Waals surface area contributed by atoms with Crippen molar-refractivity contribution in [2.45, 2.75) is 26.7 Å². The lowest BCUT2D eigenvalue weighted by Gasteiger charge is -2.30. The molecule has 0 aliphatic carbocycles. The van der Waals surface area contributed by atoms with Crippen LogP contribution in [0.15, 0.2) is 66.9 Å². The Hall–Kier alpha value is -3.67. The van der Waals surface area contributed by atoms with Crippen LogP contribution in [0.2, 0.25) is 0 Å². The van der Waals surface area contributed by atoms with Crippen molar-refractivity contribution < 1.29 is 14.3 Å². The molecule has 1 saturated heterocycles. The van der Waals surface area contributed by atoms with Gasteiger partial charge in [-0.2, -0.15) is 0 Å². The van der Waals surface area contributed by atoms with Crippen LogP contribution in [0.25, 0.3) is 0 Å². The van der Waals surface area contributed by atoms with E-state index in [-0.39, 0.29) is 11.8 Å². The Morgan fingerprint density at radius 1 is 1.00 bits per heavy atom. The normalized spacial score (nSPS) is 14.1. The van der Waals surface area contributed by atoms with E-state index in [0.29, 0.717) is 34.4 Å². The summed E-state index contributed by atoms with van der Waals surface area (Å²) in [7, 11) is 0. The van der Waals surface area contributed by atoms with Crippen LogP contribution in [0.5, 0.6) is 11.6 Å². The molecule has 0 saturated carbocycles. The number of pyridine rings is 1. The highest BCUT2D eigenvalue weighted by molar-refractivity contribution is 6.04. The van der Waals surface area contributed by atoms with Crippen molar-refractivity contribution in [1.82, 2.24) is 9.88 Å². The van der Waals surface area contributed by atoms with Crippen molar-refractivity contribution in [1.29, 1.82) is 0 Å². The lowest BCUT2D eigenvalue weighted by atomic mass is 9.98. The highest BCUT2D eigenvalue weighted by Gasteiger charge is 2.21. The van der Waals surface area contributed by atoms with Gasteiger partial charge in [0.1, 0.15) is 5.75 Å². The number of ether oxygens (including phenoxy) is 1. The number of rotatable bonds is 5. The van der Waals surface area contributed by atoms with Gasteiger partial charge in [-0.1, -0.05) is 24.6 Å². The van der Waals surface area contributed by atoms with Crippen molar-refractivity contribution in [2.24, 2.45) is 5.92 Å². The maximum absolute atomic E-state index is 12.7. The van der Waals surface area contributed by atoms with E-state index in [1.165, 1.54) is 0 Å². The standard InChI is InChI=1S/C26H27N3O3/c1-18-12-14-29(15-13-18)26(31)20-6-9-23(10-7-20)32-24-11-8-22(17-27-24)28-25(30)21-5-3-4-19(2)16-21/h3-11,16-18H,12-15H2,1-2H3,(H,28,30). The molecular weight excluding hydrogens is 402 g/mol. The van der Waals surface area contributed by atoms with Crippen LogP contribution < -0.4 is 10.1 Å². The van der Waals surface area contributed by atoms with Crippen molar-refractivity contribution in [3.05, 3.63) is 83.6 Å². The third-order valence-electron chi connectivity index (χ3n) is 5.67. The number of piperidine rings is 1. The van der Waals surface area contributed by atoms with Gasteiger partial charge < -0.3 is 15.0 Å². The number of benzene rings is 2. The van der Waals surface area contributed by atoms with E-state index in [2.05, 4.69) is 17.2 Å². The lowest BCUT2D eigenvalue weighted by molar-refractivity contribution is 0.0697. The third kappa shape index (κ3) is 5.32. The summed E-state index contributed by atoms with van der Waals surface area (Å²) >= 11 is 0. The molecule has 6 nitrogen and oxygen atoms in total. The molecule has 1 aliphatic heterocycles. The fourth-order valence-electron chi connectivity index (χ4n) is 3.68. The minimum Gasteiger partial charge on any atom is -0.439 e. The zero-order valence-electron chi connectivity index (χ0n) is 18.4. The summed E-state index contributed by atoms with van der Waals surface area (Å²) in [6, 6.07) is 18.0. The average molecular weight is 430 g/mol. The molecule has 0 atom stereocenters. The Labute approximate surface area is 188 Å². The minimum absolute atomic E-state index is 0.0651. The average Bonchev–Trinajstić information content (AvgIpc) is 2.81. The van der Waals surface area contributed by atoms with Gasteiger partial charge in [-0.15, -0.1) is 0 Å². The molecule has 2 aromatic carbocycles. The molecule has 3 aromatic rings. The van der Waals surface area contributed by atoms with E-state index in [1.807, 2.05) is 30.0 Å². The third-order valence-corrected chi connectivity index (χ3v) is 5.67. The molecule has 1 aromatic heterocycles. The van der Waals surface area contributed by atoms with E-state index in [1.54, 1.807) is 48.7 Å². The minimum atomic E-state index is -0.187. The number of carbonyl (C=O) groups excluding carboxylic acids is 2. The van der Waals surface area contributed by atoms with Gasteiger partial charge in [-0.05, 0) is 68.1 Å². The molecular formula is C26H27N3O3. The van der Waals surface area contributed by atoms with Gasteiger partial charge in [-0.3, -0.25) is 9.59 Å². The summed E-state index contributed by atoms with van der Waals surface area (Å²) in [5.41, 5.74) is 2.87. The van der Waals surface area contributed by atoms with Crippen LogP contribution in [-0.2, 0) is 0 Å². The van der Waals surface area contributed by atoms with Gasteiger partial charge in [0, 0.05) is 30.3 Å². The quantitative estimate of drug-likeness (QED) is 0.597. The predicted octanol–water partition coefficient (Wildman–Crippen LogP) is 5.31. The molecule has 164 valence electrons. The second kappa shape index (κ2) is 9.64. The molecule has 2 amide bonds. The predicted molar refractivity (Wildman–Crippen MR) is 124 cm³/mol. The van der Waals surface area contributed by atoms with E-state index in [0.717, 1.165) is 31.5 Å². The van der Waals surface area contributed by atoms with E-state index >= 15 is 0 Å². The Balaban J connectivity index is 1.34. The molecule has 6 heteroatoms. The number of anilines is 1. The molecule has 0 spiro atoms. The Morgan fingerprint density at radius 3 is 2.41 bits per heavy atom. The molecule has 32 heavy (non-hydrogen) atoms. The number of carbonyl (C=O) groups is 2. The number of amides is 2. The van der Waals surface area contributed by atoms with E-state index in [4.69, 9.17) is 4.74 Å². The second-order valence-corrected chi connectivity index (χ2v) is 8.31. The highest BCUT2D eigenvalue weighted by atomic mass is 16.5. The lowest BCUT2D eigenvalue weighted by Crippen LogP contribution is -2.37. The van der Waals surface area contributed by atoms with Crippen LogP contribution >= 0.6 is 0 Å². The van der Waals surface area contributed by atoms with Gasteiger partial charge in [0.25, 0.3) is 11.8 Å². The SMILES string of the molecule is Cc1cccc(C(=O)Nc2ccc(Oc3ccc(C(=O)N4CCC(C)CC4)cc3)nc2)c1. The van der Waals surface area contributed by atoms with E-state index < -0.39 is 0 Å². The highest BCUT2D eigenvalue weighted by Crippen LogP contribution is 2.23. The summed E-state index contributed by atoms with van der Waals surface area (Å²) in [5, 5.41) is 2.83. The summed E-state index contributed by atoms with van der Waals surface area (Å²) < 4.78 is 5.78. The largest absolute Gasteiger partial charge is 0.439 e. The number of nitrogens with one attached hydrogen (secondary N) is 1. The number of likely N-dealkylation sites (tertiary alicyclic amines) is 1. The maximum atomic E-state index is 12.7. The molecule has 1 N–H and O–H groups in total. The molecule has 2 heterocycles. The molecule has 0 unspecified atom stereocenters. The first-order chi connectivity index (χ1) is 15.5. The van der Waals surface area contributed by atoms with Gasteiger partial charge >= 0.3 is 0 Å². The summed E-state index contributed by atoms with van der Waals surface area (Å²) in [6.07, 6.45) is 3.67. The fraction of sp³-hybridized carbons (Fsp3) is 0.269. The fourth-order valence-corrected chi connectivity index (χ4v) is 3.68. The second-order valence-electron chi connectivity index (χ2n) is 8.31. The van der Waals surface area contributed by atoms with Gasteiger partial charge in [0.15, 0.2) is 0 Å². The molecule has 0 radical (unpaired) electrons. The van der Waals surface area contributed by atoms with Crippen molar-refractivity contribution >= 4 is 17.5 Å². The maximum Gasteiger partial charge on any atom is 0.255 e. The van der Waals surface area contributed by atoms with Crippen LogP contribution in [0, 0.1) is 12.8 Å². The summed E-state index contributed by atoms with van der Waals surface area (Å²) in [4.78, 5) is 31.2.